The van der Waals surface area contributed by atoms with Crippen LogP contribution in [0.4, 0.5) is 5.69 Å². The monoisotopic (exact) mass is 438 g/mol. The van der Waals surface area contributed by atoms with Gasteiger partial charge in [-0.05, 0) is 62.8 Å². The SMILES string of the molecule is O=C(CNc1c(Br)cc(Br)cc1Br)NCC1CC1. The van der Waals surface area contributed by atoms with E-state index in [4.69, 9.17) is 0 Å². The molecule has 0 unspecified atom stereocenters. The standard InChI is InChI=1S/C12H13Br3N2O/c13-8-3-9(14)12(10(15)4-8)17-6-11(18)16-5-7-1-2-7/h3-4,7,17H,1-2,5-6H2,(H,16,18). The van der Waals surface area contributed by atoms with Gasteiger partial charge in [-0.3, -0.25) is 4.79 Å². The minimum Gasteiger partial charge on any atom is -0.374 e. The zero-order chi connectivity index (χ0) is 13.1. The number of carbonyl (C=O) groups is 1. The van der Waals surface area contributed by atoms with Crippen molar-refractivity contribution < 1.29 is 4.79 Å². The molecule has 0 bridgehead atoms. The van der Waals surface area contributed by atoms with E-state index >= 15 is 0 Å². The maximum absolute atomic E-state index is 11.6. The lowest BCUT2D eigenvalue weighted by molar-refractivity contribution is -0.119. The lowest BCUT2D eigenvalue weighted by atomic mass is 10.3. The summed E-state index contributed by atoms with van der Waals surface area (Å²) in [5.74, 6) is 0.740. The first kappa shape index (κ1) is 14.3. The topological polar surface area (TPSA) is 41.1 Å². The van der Waals surface area contributed by atoms with E-state index in [2.05, 4.69) is 58.4 Å². The summed E-state index contributed by atoms with van der Waals surface area (Å²) >= 11 is 10.3. The second kappa shape index (κ2) is 6.39. The first-order chi connectivity index (χ1) is 8.56. The Balaban J connectivity index is 1.86. The molecule has 0 saturated heterocycles. The molecule has 1 aliphatic rings. The molecule has 1 saturated carbocycles. The summed E-state index contributed by atoms with van der Waals surface area (Å²) in [6.07, 6.45) is 2.50. The first-order valence-corrected chi connectivity index (χ1v) is 8.09. The van der Waals surface area contributed by atoms with Crippen LogP contribution in [-0.2, 0) is 4.79 Å². The fourth-order valence-corrected chi connectivity index (χ4v) is 4.06. The average molecular weight is 441 g/mol. The largest absolute Gasteiger partial charge is 0.374 e. The molecule has 1 amide bonds. The molecule has 6 heteroatoms. The summed E-state index contributed by atoms with van der Waals surface area (Å²) in [5.41, 5.74) is 0.889. The van der Waals surface area contributed by atoms with E-state index in [9.17, 15) is 4.79 Å². The summed E-state index contributed by atoms with van der Waals surface area (Å²) in [6, 6.07) is 3.88. The van der Waals surface area contributed by atoms with Crippen LogP contribution in [0.3, 0.4) is 0 Å². The van der Waals surface area contributed by atoms with Gasteiger partial charge in [-0.15, -0.1) is 0 Å². The highest BCUT2D eigenvalue weighted by molar-refractivity contribution is 9.11. The first-order valence-electron chi connectivity index (χ1n) is 5.71. The zero-order valence-electron chi connectivity index (χ0n) is 9.60. The Bertz CT molecular complexity index is 438. The number of rotatable bonds is 5. The van der Waals surface area contributed by atoms with Gasteiger partial charge in [0, 0.05) is 20.0 Å². The molecular weight excluding hydrogens is 428 g/mol. The van der Waals surface area contributed by atoms with Crippen molar-refractivity contribution in [2.75, 3.05) is 18.4 Å². The van der Waals surface area contributed by atoms with Crippen LogP contribution in [0.25, 0.3) is 0 Å². The van der Waals surface area contributed by atoms with Crippen molar-refractivity contribution in [1.82, 2.24) is 5.32 Å². The highest BCUT2D eigenvalue weighted by Gasteiger charge is 2.21. The smallest absolute Gasteiger partial charge is 0.239 e. The van der Waals surface area contributed by atoms with E-state index in [-0.39, 0.29) is 12.5 Å². The van der Waals surface area contributed by atoms with Gasteiger partial charge in [0.2, 0.25) is 5.91 Å². The minimum absolute atomic E-state index is 0.0311. The van der Waals surface area contributed by atoms with E-state index in [0.29, 0.717) is 5.92 Å². The van der Waals surface area contributed by atoms with Crippen molar-refractivity contribution in [2.45, 2.75) is 12.8 Å². The van der Waals surface area contributed by atoms with Crippen molar-refractivity contribution in [2.24, 2.45) is 5.92 Å². The van der Waals surface area contributed by atoms with E-state index in [1.54, 1.807) is 0 Å². The van der Waals surface area contributed by atoms with Crippen LogP contribution in [0.1, 0.15) is 12.8 Å². The summed E-state index contributed by atoms with van der Waals surface area (Å²) in [7, 11) is 0. The highest BCUT2D eigenvalue weighted by Crippen LogP contribution is 2.34. The number of halogens is 3. The normalized spacial score (nSPS) is 14.4. The number of amides is 1. The Kier molecular flexibility index (Phi) is 5.09. The van der Waals surface area contributed by atoms with Gasteiger partial charge in [-0.25, -0.2) is 0 Å². The van der Waals surface area contributed by atoms with E-state index in [0.717, 1.165) is 25.7 Å². The van der Waals surface area contributed by atoms with Crippen LogP contribution in [0.5, 0.6) is 0 Å². The molecule has 1 fully saturated rings. The van der Waals surface area contributed by atoms with Crippen molar-refractivity contribution in [3.8, 4) is 0 Å². The van der Waals surface area contributed by atoms with E-state index in [1.807, 2.05) is 12.1 Å². The molecule has 0 aromatic heterocycles. The van der Waals surface area contributed by atoms with Crippen LogP contribution in [0.15, 0.2) is 25.6 Å². The molecule has 3 nitrogen and oxygen atoms in total. The number of nitrogens with one attached hydrogen (secondary N) is 2. The molecule has 1 aromatic rings. The maximum Gasteiger partial charge on any atom is 0.239 e. The van der Waals surface area contributed by atoms with Crippen molar-refractivity contribution >= 4 is 59.4 Å². The molecule has 0 radical (unpaired) electrons. The molecule has 18 heavy (non-hydrogen) atoms. The van der Waals surface area contributed by atoms with Crippen LogP contribution in [0, 0.1) is 5.92 Å². The lowest BCUT2D eigenvalue weighted by Crippen LogP contribution is -2.31. The number of anilines is 1. The highest BCUT2D eigenvalue weighted by atomic mass is 79.9. The number of hydrogen-bond acceptors (Lipinski definition) is 2. The second-order valence-electron chi connectivity index (χ2n) is 4.35. The summed E-state index contributed by atoms with van der Waals surface area (Å²) in [6.45, 7) is 1.09. The van der Waals surface area contributed by atoms with Gasteiger partial charge in [-0.1, -0.05) is 15.9 Å². The predicted molar refractivity (Wildman–Crippen MR) is 83.8 cm³/mol. The van der Waals surface area contributed by atoms with Gasteiger partial charge in [0.15, 0.2) is 0 Å². The molecule has 0 heterocycles. The fourth-order valence-electron chi connectivity index (χ4n) is 1.52. The Morgan fingerprint density at radius 2 is 1.83 bits per heavy atom. The van der Waals surface area contributed by atoms with Crippen LogP contribution < -0.4 is 10.6 Å². The molecule has 98 valence electrons. The third kappa shape index (κ3) is 4.24. The molecule has 0 spiro atoms. The van der Waals surface area contributed by atoms with Crippen LogP contribution in [-0.4, -0.2) is 19.0 Å². The third-order valence-corrected chi connectivity index (χ3v) is 4.43. The molecule has 2 rings (SSSR count). The van der Waals surface area contributed by atoms with Crippen molar-refractivity contribution in [3.05, 3.63) is 25.6 Å². The Labute approximate surface area is 131 Å². The molecular formula is C12H13Br3N2O. The Morgan fingerprint density at radius 1 is 1.22 bits per heavy atom. The van der Waals surface area contributed by atoms with Crippen LogP contribution >= 0.6 is 47.8 Å². The fraction of sp³-hybridized carbons (Fsp3) is 0.417. The van der Waals surface area contributed by atoms with Crippen molar-refractivity contribution in [1.29, 1.82) is 0 Å². The summed E-state index contributed by atoms with van der Waals surface area (Å²) < 4.78 is 2.81. The lowest BCUT2D eigenvalue weighted by Gasteiger charge is -2.11. The molecule has 2 N–H and O–H groups in total. The van der Waals surface area contributed by atoms with E-state index < -0.39 is 0 Å². The van der Waals surface area contributed by atoms with Gasteiger partial charge >= 0.3 is 0 Å². The summed E-state index contributed by atoms with van der Waals surface area (Å²) in [4.78, 5) is 11.6. The van der Waals surface area contributed by atoms with Gasteiger partial charge in [0.1, 0.15) is 0 Å². The van der Waals surface area contributed by atoms with E-state index in [1.165, 1.54) is 12.8 Å². The number of benzene rings is 1. The predicted octanol–water partition coefficient (Wildman–Crippen LogP) is 3.91. The molecule has 0 aliphatic heterocycles. The maximum atomic E-state index is 11.6. The van der Waals surface area contributed by atoms with Crippen molar-refractivity contribution in [3.63, 3.8) is 0 Å². The average Bonchev–Trinajstić information content (AvgIpc) is 3.08. The van der Waals surface area contributed by atoms with Gasteiger partial charge in [0.05, 0.1) is 12.2 Å². The third-order valence-electron chi connectivity index (χ3n) is 2.72. The van der Waals surface area contributed by atoms with Gasteiger partial charge in [0.25, 0.3) is 0 Å². The van der Waals surface area contributed by atoms with Crippen LogP contribution in [0.2, 0.25) is 0 Å². The molecule has 1 aliphatic carbocycles. The summed E-state index contributed by atoms with van der Waals surface area (Å²) in [5, 5.41) is 6.05. The molecule has 1 aromatic carbocycles. The number of hydrogen-bond donors (Lipinski definition) is 2. The second-order valence-corrected chi connectivity index (χ2v) is 6.97. The van der Waals surface area contributed by atoms with Gasteiger partial charge < -0.3 is 10.6 Å². The number of carbonyl (C=O) groups excluding carboxylic acids is 1. The quantitative estimate of drug-likeness (QED) is 0.728. The Hall–Kier alpha value is -0.0700. The van der Waals surface area contributed by atoms with Gasteiger partial charge in [-0.2, -0.15) is 0 Å². The minimum atomic E-state index is 0.0311. The Morgan fingerprint density at radius 3 is 2.39 bits per heavy atom. The molecule has 0 atom stereocenters. The zero-order valence-corrected chi connectivity index (χ0v) is 14.4.